The molecule has 0 atom stereocenters. The summed E-state index contributed by atoms with van der Waals surface area (Å²) >= 11 is 0. The van der Waals surface area contributed by atoms with Crippen LogP contribution in [0.25, 0.3) is 0 Å². The number of carbonyl (C=O) groups is 2. The van der Waals surface area contributed by atoms with Gasteiger partial charge in [0.1, 0.15) is 0 Å². The van der Waals surface area contributed by atoms with Crippen LogP contribution in [0, 0.1) is 5.41 Å². The van der Waals surface area contributed by atoms with E-state index < -0.39 is 5.41 Å². The van der Waals surface area contributed by atoms with Gasteiger partial charge in [0.15, 0.2) is 0 Å². The fourth-order valence-electron chi connectivity index (χ4n) is 2.29. The van der Waals surface area contributed by atoms with Gasteiger partial charge in [-0.1, -0.05) is 0 Å². The molecule has 1 saturated heterocycles. The Labute approximate surface area is 121 Å². The summed E-state index contributed by atoms with van der Waals surface area (Å²) in [7, 11) is 3.79. The van der Waals surface area contributed by atoms with Crippen molar-refractivity contribution in [2.24, 2.45) is 5.41 Å². The monoisotopic (exact) mass is 285 g/mol. The molecule has 1 aliphatic rings. The number of piperazine rings is 1. The molecular weight excluding hydrogens is 258 g/mol. The molecule has 6 heteroatoms. The molecule has 2 amide bonds. The highest BCUT2D eigenvalue weighted by atomic mass is 16.5. The molecule has 1 rings (SSSR count). The normalized spacial score (nSPS) is 16.9. The van der Waals surface area contributed by atoms with Crippen LogP contribution in [-0.4, -0.2) is 80.1 Å². The first kappa shape index (κ1) is 16.8. The zero-order valence-corrected chi connectivity index (χ0v) is 13.3. The lowest BCUT2D eigenvalue weighted by atomic mass is 9.93. The van der Waals surface area contributed by atoms with E-state index >= 15 is 0 Å². The van der Waals surface area contributed by atoms with Crippen LogP contribution in [0.15, 0.2) is 0 Å². The van der Waals surface area contributed by atoms with Crippen LogP contribution in [0.5, 0.6) is 0 Å². The second kappa shape index (κ2) is 6.92. The molecule has 0 aromatic carbocycles. The summed E-state index contributed by atoms with van der Waals surface area (Å²) in [6, 6.07) is -0.0181. The van der Waals surface area contributed by atoms with Crippen molar-refractivity contribution in [1.29, 1.82) is 0 Å². The minimum atomic E-state index is -0.688. The summed E-state index contributed by atoms with van der Waals surface area (Å²) in [5, 5.41) is 0. The summed E-state index contributed by atoms with van der Waals surface area (Å²) in [5.41, 5.74) is -0.688. The number of urea groups is 1. The lowest BCUT2D eigenvalue weighted by molar-refractivity contribution is -0.153. The Balaban J connectivity index is 2.54. The Morgan fingerprint density at radius 3 is 2.25 bits per heavy atom. The Hall–Kier alpha value is -1.30. The van der Waals surface area contributed by atoms with Gasteiger partial charge in [0.25, 0.3) is 0 Å². The van der Waals surface area contributed by atoms with Crippen molar-refractivity contribution >= 4 is 12.0 Å². The average Bonchev–Trinajstić information content (AvgIpc) is 2.38. The fourth-order valence-corrected chi connectivity index (χ4v) is 2.29. The number of esters is 1. The van der Waals surface area contributed by atoms with Crippen LogP contribution in [0.2, 0.25) is 0 Å². The standard InChI is InChI=1S/C14H27N3O3/c1-6-20-12(18)14(2,3)11-16(5)13(19)17-9-7-15(4)8-10-17/h6-11H2,1-5H3. The third kappa shape index (κ3) is 4.37. The van der Waals surface area contributed by atoms with Crippen molar-refractivity contribution in [3.8, 4) is 0 Å². The molecule has 0 aliphatic carbocycles. The zero-order chi connectivity index (χ0) is 15.3. The molecular formula is C14H27N3O3. The average molecular weight is 285 g/mol. The molecule has 0 radical (unpaired) electrons. The van der Waals surface area contributed by atoms with E-state index in [9.17, 15) is 9.59 Å². The van der Waals surface area contributed by atoms with E-state index in [0.717, 1.165) is 26.2 Å². The van der Waals surface area contributed by atoms with Crippen molar-refractivity contribution in [2.45, 2.75) is 20.8 Å². The van der Waals surface area contributed by atoms with Crippen LogP contribution in [0.3, 0.4) is 0 Å². The summed E-state index contributed by atoms with van der Waals surface area (Å²) in [4.78, 5) is 29.9. The SMILES string of the molecule is CCOC(=O)C(C)(C)CN(C)C(=O)N1CCN(C)CC1. The molecule has 0 aromatic rings. The summed E-state index contributed by atoms with van der Waals surface area (Å²) in [6.07, 6.45) is 0. The molecule has 1 aliphatic heterocycles. The molecule has 0 bridgehead atoms. The largest absolute Gasteiger partial charge is 0.466 e. The first-order valence-corrected chi connectivity index (χ1v) is 7.13. The van der Waals surface area contributed by atoms with Gasteiger partial charge < -0.3 is 19.4 Å². The lowest BCUT2D eigenvalue weighted by Crippen LogP contribution is -2.53. The van der Waals surface area contributed by atoms with E-state index in [1.54, 1.807) is 32.7 Å². The maximum absolute atomic E-state index is 12.3. The minimum absolute atomic E-state index is 0.0181. The minimum Gasteiger partial charge on any atom is -0.466 e. The third-order valence-corrected chi connectivity index (χ3v) is 3.56. The van der Waals surface area contributed by atoms with E-state index in [4.69, 9.17) is 4.74 Å². The Bertz CT molecular complexity index is 350. The number of likely N-dealkylation sites (N-methyl/N-ethyl adjacent to an activating group) is 1. The number of ether oxygens (including phenoxy) is 1. The smallest absolute Gasteiger partial charge is 0.319 e. The van der Waals surface area contributed by atoms with Gasteiger partial charge in [0.2, 0.25) is 0 Å². The molecule has 0 N–H and O–H groups in total. The second-order valence-electron chi connectivity index (χ2n) is 6.03. The van der Waals surface area contributed by atoms with Crippen molar-refractivity contribution in [2.75, 3.05) is 53.4 Å². The first-order valence-electron chi connectivity index (χ1n) is 7.13. The van der Waals surface area contributed by atoms with E-state index in [1.165, 1.54) is 0 Å². The predicted octanol–water partition coefficient (Wildman–Crippen LogP) is 0.875. The van der Waals surface area contributed by atoms with Gasteiger partial charge in [-0.15, -0.1) is 0 Å². The second-order valence-corrected chi connectivity index (χ2v) is 6.03. The summed E-state index contributed by atoms with van der Waals surface area (Å²) in [6.45, 7) is 9.36. The van der Waals surface area contributed by atoms with Gasteiger partial charge in [-0.05, 0) is 27.8 Å². The molecule has 0 spiro atoms. The highest BCUT2D eigenvalue weighted by Gasteiger charge is 2.33. The predicted molar refractivity (Wildman–Crippen MR) is 77.5 cm³/mol. The highest BCUT2D eigenvalue weighted by Crippen LogP contribution is 2.19. The van der Waals surface area contributed by atoms with E-state index in [2.05, 4.69) is 11.9 Å². The van der Waals surface area contributed by atoms with Crippen LogP contribution in [0.4, 0.5) is 4.79 Å². The maximum atomic E-state index is 12.3. The molecule has 1 heterocycles. The van der Waals surface area contributed by atoms with Crippen LogP contribution < -0.4 is 0 Å². The molecule has 1 fully saturated rings. The quantitative estimate of drug-likeness (QED) is 0.719. The molecule has 6 nitrogen and oxygen atoms in total. The van der Waals surface area contributed by atoms with E-state index in [1.807, 2.05) is 4.90 Å². The van der Waals surface area contributed by atoms with E-state index in [0.29, 0.717) is 13.2 Å². The fraction of sp³-hybridized carbons (Fsp3) is 0.857. The summed E-state index contributed by atoms with van der Waals surface area (Å²) in [5.74, 6) is -0.266. The van der Waals surface area contributed by atoms with Crippen LogP contribution >= 0.6 is 0 Å². The lowest BCUT2D eigenvalue weighted by Gasteiger charge is -2.36. The summed E-state index contributed by atoms with van der Waals surface area (Å²) < 4.78 is 5.05. The number of nitrogens with zero attached hydrogens (tertiary/aromatic N) is 3. The van der Waals surface area contributed by atoms with Crippen molar-refractivity contribution in [3.63, 3.8) is 0 Å². The maximum Gasteiger partial charge on any atom is 0.319 e. The van der Waals surface area contributed by atoms with Gasteiger partial charge >= 0.3 is 12.0 Å². The van der Waals surface area contributed by atoms with Crippen molar-refractivity contribution in [3.05, 3.63) is 0 Å². The van der Waals surface area contributed by atoms with Crippen molar-refractivity contribution in [1.82, 2.24) is 14.7 Å². The molecule has 20 heavy (non-hydrogen) atoms. The van der Waals surface area contributed by atoms with Gasteiger partial charge in [-0.3, -0.25) is 4.79 Å². The van der Waals surface area contributed by atoms with Crippen molar-refractivity contribution < 1.29 is 14.3 Å². The first-order chi connectivity index (χ1) is 9.27. The number of rotatable bonds is 4. The van der Waals surface area contributed by atoms with Gasteiger partial charge in [0.05, 0.1) is 12.0 Å². The molecule has 116 valence electrons. The van der Waals surface area contributed by atoms with E-state index in [-0.39, 0.29) is 12.0 Å². The van der Waals surface area contributed by atoms with Crippen LogP contribution in [-0.2, 0) is 9.53 Å². The third-order valence-electron chi connectivity index (χ3n) is 3.56. The molecule has 0 unspecified atom stereocenters. The number of hydrogen-bond acceptors (Lipinski definition) is 4. The Morgan fingerprint density at radius 2 is 1.75 bits per heavy atom. The Kier molecular flexibility index (Phi) is 5.80. The number of amides is 2. The van der Waals surface area contributed by atoms with Crippen LogP contribution in [0.1, 0.15) is 20.8 Å². The highest BCUT2D eigenvalue weighted by molar-refractivity contribution is 5.78. The van der Waals surface area contributed by atoms with Gasteiger partial charge in [0, 0.05) is 39.8 Å². The molecule has 0 aromatic heterocycles. The Morgan fingerprint density at radius 1 is 1.20 bits per heavy atom. The van der Waals surface area contributed by atoms with Gasteiger partial charge in [-0.2, -0.15) is 0 Å². The molecule has 0 saturated carbocycles. The number of carbonyl (C=O) groups excluding carboxylic acids is 2. The topological polar surface area (TPSA) is 53.1 Å². The van der Waals surface area contributed by atoms with Gasteiger partial charge in [-0.25, -0.2) is 4.79 Å². The number of hydrogen-bond donors (Lipinski definition) is 0. The zero-order valence-electron chi connectivity index (χ0n) is 13.3.